The lowest BCUT2D eigenvalue weighted by Gasteiger charge is -2.25. The molecule has 2 aromatic carbocycles. The van der Waals surface area contributed by atoms with Crippen molar-refractivity contribution in [2.75, 3.05) is 0 Å². The van der Waals surface area contributed by atoms with Crippen LogP contribution in [0, 0.1) is 5.92 Å². The molecule has 238 valence electrons. The summed E-state index contributed by atoms with van der Waals surface area (Å²) in [5, 5.41) is 8.27. The lowest BCUT2D eigenvalue weighted by atomic mass is 10.0. The second kappa shape index (κ2) is 17.8. The number of nitrogens with one attached hydrogen (secondary N) is 3. The zero-order valence-electron chi connectivity index (χ0n) is 25.6. The number of amides is 4. The largest absolute Gasteiger partial charge is 0.445 e. The number of aromatic nitrogens is 1. The first-order valence-corrected chi connectivity index (χ1v) is 14.9. The minimum Gasteiger partial charge on any atom is -0.445 e. The third kappa shape index (κ3) is 12.5. The number of nitrogens with zero attached hydrogens (tertiary/aromatic N) is 1. The van der Waals surface area contributed by atoms with E-state index in [0.717, 1.165) is 11.1 Å². The monoisotopic (exact) mass is 615 g/mol. The fourth-order valence-electron chi connectivity index (χ4n) is 4.50. The van der Waals surface area contributed by atoms with E-state index in [2.05, 4.69) is 16.0 Å². The fourth-order valence-corrected chi connectivity index (χ4v) is 4.50. The van der Waals surface area contributed by atoms with E-state index in [-0.39, 0.29) is 37.7 Å². The fraction of sp³-hybridized carbons (Fsp3) is 0.324. The van der Waals surface area contributed by atoms with Crippen LogP contribution in [0.2, 0.25) is 0 Å². The molecule has 1 aromatic heterocycles. The molecule has 5 N–H and O–H groups in total. The molecule has 3 aromatic rings. The first kappa shape index (κ1) is 34.3. The lowest BCUT2D eigenvalue weighted by molar-refractivity contribution is -0.130. The molecular formula is C34H41N5O6. The van der Waals surface area contributed by atoms with Crippen LogP contribution in [0.3, 0.4) is 0 Å². The molecular weight excluding hydrogens is 574 g/mol. The maximum absolute atomic E-state index is 13.7. The highest BCUT2D eigenvalue weighted by Gasteiger charge is 2.29. The van der Waals surface area contributed by atoms with Crippen molar-refractivity contribution in [3.05, 3.63) is 108 Å². The van der Waals surface area contributed by atoms with Gasteiger partial charge in [0.05, 0.1) is 0 Å². The first-order valence-electron chi connectivity index (χ1n) is 14.9. The van der Waals surface area contributed by atoms with E-state index in [1.54, 1.807) is 24.5 Å². The smallest absolute Gasteiger partial charge is 0.408 e. The normalized spacial score (nSPS) is 13.0. The van der Waals surface area contributed by atoms with Crippen LogP contribution in [0.15, 0.2) is 97.3 Å². The molecule has 0 aliphatic rings. The summed E-state index contributed by atoms with van der Waals surface area (Å²) in [5.41, 5.74) is 6.94. The summed E-state index contributed by atoms with van der Waals surface area (Å²) in [7, 11) is 0. The third-order valence-corrected chi connectivity index (χ3v) is 6.80. The van der Waals surface area contributed by atoms with Gasteiger partial charge in [-0.1, -0.05) is 80.6 Å². The maximum Gasteiger partial charge on any atom is 0.408 e. The Morgan fingerprint density at radius 1 is 0.800 bits per heavy atom. The van der Waals surface area contributed by atoms with Gasteiger partial charge < -0.3 is 26.4 Å². The highest BCUT2D eigenvalue weighted by molar-refractivity contribution is 5.92. The van der Waals surface area contributed by atoms with E-state index >= 15 is 0 Å². The standard InChI is InChI=1S/C34H41N5O6/c1-24(2)21-28(38-34(44)45-23-26-13-7-4-8-14-26)33(43)37-29(22-25-11-5-3-6-12-25)32(42)36-27(15-17-30(35)40)16-18-31(41)39-19-9-10-20-39/h3-14,16,18-20,24,27-29H,15,17,21-23H2,1-2H3,(H2,35,40)(H,36,42)(H,37,43)(H,38,44)/b18-16+/t27-,28-,29-/m0/s1. The van der Waals surface area contributed by atoms with Crippen molar-refractivity contribution in [1.29, 1.82) is 0 Å². The summed E-state index contributed by atoms with van der Waals surface area (Å²) < 4.78 is 6.70. The molecule has 45 heavy (non-hydrogen) atoms. The van der Waals surface area contributed by atoms with Gasteiger partial charge in [-0.15, -0.1) is 0 Å². The van der Waals surface area contributed by atoms with Crippen LogP contribution in [0.4, 0.5) is 4.79 Å². The van der Waals surface area contributed by atoms with Crippen molar-refractivity contribution in [1.82, 2.24) is 20.5 Å². The lowest BCUT2D eigenvalue weighted by Crippen LogP contribution is -2.55. The molecule has 0 aliphatic carbocycles. The van der Waals surface area contributed by atoms with Gasteiger partial charge in [0.1, 0.15) is 18.7 Å². The molecule has 1 heterocycles. The minimum absolute atomic E-state index is 0.0335. The number of hydrogen-bond donors (Lipinski definition) is 4. The molecule has 0 saturated carbocycles. The van der Waals surface area contributed by atoms with Crippen LogP contribution in [-0.4, -0.2) is 52.4 Å². The number of benzene rings is 2. The van der Waals surface area contributed by atoms with Crippen molar-refractivity contribution in [3.63, 3.8) is 0 Å². The van der Waals surface area contributed by atoms with E-state index in [4.69, 9.17) is 10.5 Å². The quantitative estimate of drug-likeness (QED) is 0.180. The molecule has 4 amide bonds. The van der Waals surface area contributed by atoms with Gasteiger partial charge in [-0.25, -0.2) is 4.79 Å². The van der Waals surface area contributed by atoms with Crippen LogP contribution in [0.1, 0.15) is 49.0 Å². The Kier molecular flexibility index (Phi) is 13.6. The second-order valence-corrected chi connectivity index (χ2v) is 11.0. The molecule has 0 radical (unpaired) electrons. The van der Waals surface area contributed by atoms with Crippen LogP contribution in [0.25, 0.3) is 0 Å². The average molecular weight is 616 g/mol. The highest BCUT2D eigenvalue weighted by atomic mass is 16.5. The van der Waals surface area contributed by atoms with E-state index in [1.165, 1.54) is 16.7 Å². The van der Waals surface area contributed by atoms with Crippen molar-refractivity contribution in [3.8, 4) is 0 Å². The number of hydrogen-bond acceptors (Lipinski definition) is 6. The van der Waals surface area contributed by atoms with Crippen LogP contribution >= 0.6 is 0 Å². The Bertz CT molecular complexity index is 1420. The summed E-state index contributed by atoms with van der Waals surface area (Å²) in [6.07, 6.45) is 5.80. The van der Waals surface area contributed by atoms with Crippen molar-refractivity contribution in [2.45, 2.75) is 64.3 Å². The van der Waals surface area contributed by atoms with Crippen molar-refractivity contribution in [2.24, 2.45) is 11.7 Å². The van der Waals surface area contributed by atoms with Crippen LogP contribution in [-0.2, 0) is 32.1 Å². The van der Waals surface area contributed by atoms with Crippen LogP contribution < -0.4 is 21.7 Å². The topological polar surface area (TPSA) is 162 Å². The zero-order valence-corrected chi connectivity index (χ0v) is 25.6. The molecule has 0 unspecified atom stereocenters. The number of nitrogens with two attached hydrogens (primary N) is 1. The third-order valence-electron chi connectivity index (χ3n) is 6.80. The van der Waals surface area contributed by atoms with Gasteiger partial charge in [0.15, 0.2) is 0 Å². The van der Waals surface area contributed by atoms with Gasteiger partial charge >= 0.3 is 6.09 Å². The number of carbonyl (C=O) groups is 5. The number of carbonyl (C=O) groups excluding carboxylic acids is 5. The predicted octanol–water partition coefficient (Wildman–Crippen LogP) is 3.50. The molecule has 0 fully saturated rings. The van der Waals surface area contributed by atoms with E-state index in [1.807, 2.05) is 74.5 Å². The van der Waals surface area contributed by atoms with E-state index in [0.29, 0.717) is 6.42 Å². The van der Waals surface area contributed by atoms with E-state index < -0.39 is 41.9 Å². The van der Waals surface area contributed by atoms with E-state index in [9.17, 15) is 24.0 Å². The molecule has 0 aliphatic heterocycles. The highest BCUT2D eigenvalue weighted by Crippen LogP contribution is 2.10. The van der Waals surface area contributed by atoms with Gasteiger partial charge in [0, 0.05) is 37.4 Å². The Morgan fingerprint density at radius 3 is 2.00 bits per heavy atom. The Hall–Kier alpha value is -5.19. The van der Waals surface area contributed by atoms with Crippen molar-refractivity contribution >= 4 is 29.7 Å². The number of allylic oxidation sites excluding steroid dienone is 1. The van der Waals surface area contributed by atoms with Gasteiger partial charge in [0.25, 0.3) is 5.91 Å². The molecule has 0 bridgehead atoms. The molecule has 11 heteroatoms. The average Bonchev–Trinajstić information content (AvgIpc) is 3.56. The summed E-state index contributed by atoms with van der Waals surface area (Å²) in [6.45, 7) is 3.86. The number of ether oxygens (including phenoxy) is 1. The van der Waals surface area contributed by atoms with Gasteiger partial charge in [0.2, 0.25) is 17.7 Å². The molecule has 3 atom stereocenters. The molecule has 0 saturated heterocycles. The zero-order chi connectivity index (χ0) is 32.6. The number of primary amides is 1. The molecule has 11 nitrogen and oxygen atoms in total. The summed E-state index contributed by atoms with van der Waals surface area (Å²) in [5.74, 6) is -1.94. The Morgan fingerprint density at radius 2 is 1.40 bits per heavy atom. The maximum atomic E-state index is 13.7. The van der Waals surface area contributed by atoms with Gasteiger partial charge in [-0.05, 0) is 42.0 Å². The number of alkyl carbamates (subject to hydrolysis) is 1. The SMILES string of the molecule is CC(C)C[C@H](NC(=O)OCc1ccccc1)C(=O)N[C@@H](Cc1ccccc1)C(=O)N[C@H](/C=C/C(=O)n1cccc1)CCC(N)=O. The summed E-state index contributed by atoms with van der Waals surface area (Å²) >= 11 is 0. The summed E-state index contributed by atoms with van der Waals surface area (Å²) in [6, 6.07) is 19.0. The summed E-state index contributed by atoms with van der Waals surface area (Å²) in [4.78, 5) is 63.9. The molecule has 3 rings (SSSR count). The second-order valence-electron chi connectivity index (χ2n) is 11.0. The molecule has 0 spiro atoms. The first-order chi connectivity index (χ1) is 21.6. The van der Waals surface area contributed by atoms with Gasteiger partial charge in [-0.3, -0.25) is 23.7 Å². The number of rotatable bonds is 16. The van der Waals surface area contributed by atoms with Crippen molar-refractivity contribution < 1.29 is 28.7 Å². The Balaban J connectivity index is 1.75. The Labute approximate surface area is 263 Å². The van der Waals surface area contributed by atoms with Crippen LogP contribution in [0.5, 0.6) is 0 Å². The predicted molar refractivity (Wildman–Crippen MR) is 170 cm³/mol. The van der Waals surface area contributed by atoms with Gasteiger partial charge in [-0.2, -0.15) is 0 Å². The minimum atomic E-state index is -1.04.